The molecule has 1 saturated carbocycles. The monoisotopic (exact) mass is 470 g/mol. The molecule has 1 saturated heterocycles. The standard InChI is InChI=1S/C25H34N4O3S/c1-28(20-9-5-2-3-6-10-20)24(32)18-11-13-19(14-12-18)26-22(30)17-21-23(31)27-25(33-21)29-15-7-4-8-16-29/h11-14,20-21H,2-10,15-17H2,1H3,(H,26,30). The van der Waals surface area contributed by atoms with E-state index in [1.807, 2.05) is 11.9 Å². The Bertz CT molecular complexity index is 887. The number of hydrogen-bond donors (Lipinski definition) is 1. The van der Waals surface area contributed by atoms with Crippen molar-refractivity contribution in [2.24, 2.45) is 4.99 Å². The lowest BCUT2D eigenvalue weighted by Crippen LogP contribution is -2.36. The summed E-state index contributed by atoms with van der Waals surface area (Å²) in [6.07, 6.45) is 10.5. The summed E-state index contributed by atoms with van der Waals surface area (Å²) in [7, 11) is 1.89. The topological polar surface area (TPSA) is 82.1 Å². The smallest absolute Gasteiger partial charge is 0.262 e. The van der Waals surface area contributed by atoms with Gasteiger partial charge in [0.05, 0.1) is 0 Å². The molecule has 3 amide bonds. The molecule has 2 fully saturated rings. The summed E-state index contributed by atoms with van der Waals surface area (Å²) in [4.78, 5) is 46.0. The summed E-state index contributed by atoms with van der Waals surface area (Å²) in [6.45, 7) is 1.86. The highest BCUT2D eigenvalue weighted by molar-refractivity contribution is 8.15. The predicted molar refractivity (Wildman–Crippen MR) is 133 cm³/mol. The summed E-state index contributed by atoms with van der Waals surface area (Å²) in [5, 5.41) is 3.16. The molecule has 0 radical (unpaired) electrons. The first-order chi connectivity index (χ1) is 16.0. The maximum absolute atomic E-state index is 12.9. The highest BCUT2D eigenvalue weighted by Gasteiger charge is 2.33. The summed E-state index contributed by atoms with van der Waals surface area (Å²) >= 11 is 1.40. The number of thioether (sulfide) groups is 1. The number of nitrogens with zero attached hydrogens (tertiary/aromatic N) is 3. The quantitative estimate of drug-likeness (QED) is 0.649. The number of piperidine rings is 1. The van der Waals surface area contributed by atoms with Crippen LogP contribution in [0.5, 0.6) is 0 Å². The van der Waals surface area contributed by atoms with Crippen molar-refractivity contribution in [1.82, 2.24) is 9.80 Å². The highest BCUT2D eigenvalue weighted by Crippen LogP contribution is 2.29. The van der Waals surface area contributed by atoms with Gasteiger partial charge in [0.2, 0.25) is 5.91 Å². The first-order valence-electron chi connectivity index (χ1n) is 12.2. The Kier molecular flexibility index (Phi) is 8.06. The number of likely N-dealkylation sites (tertiary alicyclic amines) is 1. The summed E-state index contributed by atoms with van der Waals surface area (Å²) in [6, 6.07) is 7.34. The van der Waals surface area contributed by atoms with Gasteiger partial charge >= 0.3 is 0 Å². The molecule has 8 heteroatoms. The summed E-state index contributed by atoms with van der Waals surface area (Å²) < 4.78 is 0. The van der Waals surface area contributed by atoms with Gasteiger partial charge in [-0.3, -0.25) is 14.4 Å². The van der Waals surface area contributed by atoms with Gasteiger partial charge in [0.1, 0.15) is 5.25 Å². The lowest BCUT2D eigenvalue weighted by Gasteiger charge is -2.27. The van der Waals surface area contributed by atoms with Crippen LogP contribution in [-0.2, 0) is 9.59 Å². The molecule has 1 atom stereocenters. The second-order valence-corrected chi connectivity index (χ2v) is 10.4. The minimum Gasteiger partial charge on any atom is -0.351 e. The van der Waals surface area contributed by atoms with Crippen LogP contribution in [-0.4, -0.2) is 64.1 Å². The third kappa shape index (κ3) is 6.16. The third-order valence-corrected chi connectivity index (χ3v) is 8.05. The average Bonchev–Trinajstić information content (AvgIpc) is 3.02. The lowest BCUT2D eigenvalue weighted by atomic mass is 10.1. The van der Waals surface area contributed by atoms with Gasteiger partial charge in [-0.05, 0) is 56.4 Å². The van der Waals surface area contributed by atoms with Crippen LogP contribution in [0.1, 0.15) is 74.6 Å². The van der Waals surface area contributed by atoms with Crippen molar-refractivity contribution in [2.45, 2.75) is 75.5 Å². The average molecular weight is 471 g/mol. The lowest BCUT2D eigenvalue weighted by molar-refractivity contribution is -0.121. The zero-order valence-corrected chi connectivity index (χ0v) is 20.2. The van der Waals surface area contributed by atoms with E-state index in [0.29, 0.717) is 17.3 Å². The van der Waals surface area contributed by atoms with Gasteiger partial charge in [0.15, 0.2) is 5.17 Å². The molecule has 1 unspecified atom stereocenters. The number of amides is 3. The predicted octanol–water partition coefficient (Wildman–Crippen LogP) is 4.29. The van der Waals surface area contributed by atoms with Gasteiger partial charge in [0.25, 0.3) is 11.8 Å². The van der Waals surface area contributed by atoms with E-state index in [0.717, 1.165) is 43.9 Å². The molecule has 33 heavy (non-hydrogen) atoms. The Balaban J connectivity index is 1.27. The Labute approximate surface area is 200 Å². The fourth-order valence-electron chi connectivity index (χ4n) is 4.82. The van der Waals surface area contributed by atoms with E-state index in [4.69, 9.17) is 0 Å². The maximum Gasteiger partial charge on any atom is 0.262 e. The van der Waals surface area contributed by atoms with Gasteiger partial charge < -0.3 is 15.1 Å². The normalized spacial score (nSPS) is 22.0. The van der Waals surface area contributed by atoms with Gasteiger partial charge in [-0.1, -0.05) is 37.4 Å². The minimum absolute atomic E-state index is 0.0233. The fraction of sp³-hybridized carbons (Fsp3) is 0.600. The molecule has 0 spiro atoms. The Morgan fingerprint density at radius 2 is 1.67 bits per heavy atom. The molecular formula is C25H34N4O3S. The molecule has 2 heterocycles. The van der Waals surface area contributed by atoms with E-state index < -0.39 is 5.25 Å². The van der Waals surface area contributed by atoms with Gasteiger partial charge in [0, 0.05) is 43.9 Å². The largest absolute Gasteiger partial charge is 0.351 e. The van der Waals surface area contributed by atoms with Gasteiger partial charge in [-0.2, -0.15) is 4.99 Å². The number of rotatable bonds is 5. The number of benzene rings is 1. The van der Waals surface area contributed by atoms with E-state index in [2.05, 4.69) is 15.2 Å². The van der Waals surface area contributed by atoms with Crippen molar-refractivity contribution in [1.29, 1.82) is 0 Å². The van der Waals surface area contributed by atoms with E-state index in [9.17, 15) is 14.4 Å². The zero-order chi connectivity index (χ0) is 23.2. The first kappa shape index (κ1) is 23.8. The molecule has 1 aliphatic carbocycles. The molecule has 3 aliphatic rings. The highest BCUT2D eigenvalue weighted by atomic mass is 32.2. The second kappa shape index (κ2) is 11.2. The molecule has 178 valence electrons. The number of anilines is 1. The summed E-state index contributed by atoms with van der Waals surface area (Å²) in [5.74, 6) is -0.418. The van der Waals surface area contributed by atoms with Gasteiger partial charge in [-0.15, -0.1) is 0 Å². The maximum atomic E-state index is 12.9. The molecule has 2 aliphatic heterocycles. The number of hydrogen-bond acceptors (Lipinski definition) is 5. The fourth-order valence-corrected chi connectivity index (χ4v) is 5.94. The van der Waals surface area contributed by atoms with E-state index >= 15 is 0 Å². The number of nitrogens with one attached hydrogen (secondary N) is 1. The van der Waals surface area contributed by atoms with Crippen LogP contribution in [0.15, 0.2) is 29.3 Å². The van der Waals surface area contributed by atoms with Crippen molar-refractivity contribution in [3.63, 3.8) is 0 Å². The van der Waals surface area contributed by atoms with Crippen LogP contribution >= 0.6 is 11.8 Å². The zero-order valence-electron chi connectivity index (χ0n) is 19.4. The molecular weight excluding hydrogens is 436 g/mol. The van der Waals surface area contributed by atoms with Crippen molar-refractivity contribution in [2.75, 3.05) is 25.5 Å². The Morgan fingerprint density at radius 1 is 1.03 bits per heavy atom. The van der Waals surface area contributed by atoms with Crippen LogP contribution < -0.4 is 5.32 Å². The van der Waals surface area contributed by atoms with Crippen LogP contribution in [0, 0.1) is 0 Å². The number of aliphatic imine (C=N–C) groups is 1. The van der Waals surface area contributed by atoms with Gasteiger partial charge in [-0.25, -0.2) is 0 Å². The second-order valence-electron chi connectivity index (χ2n) is 9.28. The Morgan fingerprint density at radius 3 is 2.33 bits per heavy atom. The third-order valence-electron chi connectivity index (χ3n) is 6.83. The molecule has 1 aromatic rings. The van der Waals surface area contributed by atoms with Crippen molar-refractivity contribution in [3.8, 4) is 0 Å². The van der Waals surface area contributed by atoms with E-state index in [-0.39, 0.29) is 24.1 Å². The van der Waals surface area contributed by atoms with Crippen LogP contribution in [0.2, 0.25) is 0 Å². The Hall–Kier alpha value is -2.35. The molecule has 1 N–H and O–H groups in total. The molecule has 0 aromatic heterocycles. The molecule has 7 nitrogen and oxygen atoms in total. The van der Waals surface area contributed by atoms with Crippen LogP contribution in [0.4, 0.5) is 5.69 Å². The van der Waals surface area contributed by atoms with Crippen molar-refractivity contribution in [3.05, 3.63) is 29.8 Å². The molecule has 4 rings (SSSR count). The molecule has 0 bridgehead atoms. The van der Waals surface area contributed by atoms with E-state index in [1.54, 1.807) is 24.3 Å². The number of carbonyl (C=O) groups excluding carboxylic acids is 3. The van der Waals surface area contributed by atoms with Crippen LogP contribution in [0.25, 0.3) is 0 Å². The number of carbonyl (C=O) groups is 3. The van der Waals surface area contributed by atoms with E-state index in [1.165, 1.54) is 43.9 Å². The van der Waals surface area contributed by atoms with Crippen LogP contribution in [0.3, 0.4) is 0 Å². The SMILES string of the molecule is CN(C(=O)c1ccc(NC(=O)CC2SC(N3CCCCC3)=NC2=O)cc1)C1CCCCCC1. The molecule has 1 aromatic carbocycles. The van der Waals surface area contributed by atoms with Crippen molar-refractivity contribution >= 4 is 40.3 Å². The first-order valence-corrected chi connectivity index (χ1v) is 13.1. The van der Waals surface area contributed by atoms with Crippen molar-refractivity contribution < 1.29 is 14.4 Å². The minimum atomic E-state index is -0.462. The summed E-state index contributed by atoms with van der Waals surface area (Å²) in [5.41, 5.74) is 1.25. The number of amidine groups is 1.